The SMILES string of the molecule is CC(CCCC(C)C1CCC2C1C(O)CC1C2C(O)C[C@@H]2CC(O)CC[C@]12C)C(=O)O. The van der Waals surface area contributed by atoms with E-state index in [0.29, 0.717) is 29.6 Å². The lowest BCUT2D eigenvalue weighted by molar-refractivity contribution is -0.181. The number of carbonyl (C=O) groups is 1. The molecule has 5 heteroatoms. The first-order valence-electron chi connectivity index (χ1n) is 12.9. The number of aliphatic carboxylic acids is 1. The van der Waals surface area contributed by atoms with E-state index in [2.05, 4.69) is 13.8 Å². The summed E-state index contributed by atoms with van der Waals surface area (Å²) in [6, 6.07) is 0. The van der Waals surface area contributed by atoms with E-state index in [9.17, 15) is 20.1 Å². The van der Waals surface area contributed by atoms with Crippen LogP contribution < -0.4 is 0 Å². The zero-order chi connectivity index (χ0) is 22.5. The van der Waals surface area contributed by atoms with Gasteiger partial charge in [-0.25, -0.2) is 0 Å². The van der Waals surface area contributed by atoms with Crippen LogP contribution in [0.3, 0.4) is 0 Å². The summed E-state index contributed by atoms with van der Waals surface area (Å²) >= 11 is 0. The highest BCUT2D eigenvalue weighted by molar-refractivity contribution is 5.69. The van der Waals surface area contributed by atoms with Gasteiger partial charge in [0.05, 0.1) is 24.2 Å². The second kappa shape index (κ2) is 8.95. The fourth-order valence-corrected chi connectivity index (χ4v) is 8.69. The molecule has 0 aliphatic heterocycles. The monoisotopic (exact) mass is 436 g/mol. The molecule has 0 radical (unpaired) electrons. The molecule has 0 aromatic rings. The van der Waals surface area contributed by atoms with Crippen molar-refractivity contribution in [2.75, 3.05) is 0 Å². The summed E-state index contributed by atoms with van der Waals surface area (Å²) in [5.74, 6) is 1.65. The maximum absolute atomic E-state index is 11.4. The van der Waals surface area contributed by atoms with Gasteiger partial charge in [-0.3, -0.25) is 4.79 Å². The van der Waals surface area contributed by atoms with E-state index in [4.69, 9.17) is 5.11 Å². The Balaban J connectivity index is 1.45. The number of hydrogen-bond acceptors (Lipinski definition) is 4. The van der Waals surface area contributed by atoms with E-state index < -0.39 is 5.97 Å². The number of fused-ring (bicyclic) bond motifs is 5. The molecule has 4 fully saturated rings. The zero-order valence-corrected chi connectivity index (χ0v) is 19.6. The normalized spacial score (nSPS) is 48.9. The predicted octanol–water partition coefficient (Wildman–Crippen LogP) is 4.08. The topological polar surface area (TPSA) is 98.0 Å². The summed E-state index contributed by atoms with van der Waals surface area (Å²) in [7, 11) is 0. The van der Waals surface area contributed by atoms with Gasteiger partial charge in [0.15, 0.2) is 0 Å². The largest absolute Gasteiger partial charge is 0.481 e. The molecule has 4 aliphatic rings. The Morgan fingerprint density at radius 1 is 0.968 bits per heavy atom. The molecule has 4 saturated carbocycles. The predicted molar refractivity (Wildman–Crippen MR) is 119 cm³/mol. The van der Waals surface area contributed by atoms with Crippen LogP contribution in [0.5, 0.6) is 0 Å². The third-order valence-electron chi connectivity index (χ3n) is 10.5. The van der Waals surface area contributed by atoms with Gasteiger partial charge in [0.2, 0.25) is 0 Å². The Bertz CT molecular complexity index is 652. The average Bonchev–Trinajstić information content (AvgIpc) is 3.15. The molecule has 0 heterocycles. The second-order valence-corrected chi connectivity index (χ2v) is 12.1. The first kappa shape index (κ1) is 23.5. The van der Waals surface area contributed by atoms with Gasteiger partial charge in [-0.2, -0.15) is 0 Å². The zero-order valence-electron chi connectivity index (χ0n) is 19.6. The molecule has 4 N–H and O–H groups in total. The molecular weight excluding hydrogens is 392 g/mol. The van der Waals surface area contributed by atoms with Crippen molar-refractivity contribution in [3.8, 4) is 0 Å². The molecule has 4 rings (SSSR count). The maximum Gasteiger partial charge on any atom is 0.306 e. The van der Waals surface area contributed by atoms with E-state index in [0.717, 1.165) is 64.2 Å². The van der Waals surface area contributed by atoms with Crippen molar-refractivity contribution in [2.45, 2.75) is 103 Å². The van der Waals surface area contributed by atoms with Crippen molar-refractivity contribution in [3.05, 3.63) is 0 Å². The molecule has 12 atom stereocenters. The summed E-state index contributed by atoms with van der Waals surface area (Å²) in [5, 5.41) is 41.9. The van der Waals surface area contributed by atoms with E-state index in [-0.39, 0.29) is 41.5 Å². The average molecular weight is 437 g/mol. The third-order valence-corrected chi connectivity index (χ3v) is 10.5. The standard InChI is InChI=1S/C26H44O5/c1-14(5-4-6-15(2)25(30)31)18-7-8-19-23(18)22(29)13-20-24(19)21(28)12-16-11-17(27)9-10-26(16,20)3/h14-24,27-29H,4-13H2,1-3H3,(H,30,31)/t14?,15?,16-,17?,18?,19?,20?,21?,22?,23?,24?,26-/m0/s1. The van der Waals surface area contributed by atoms with Crippen molar-refractivity contribution >= 4 is 5.97 Å². The summed E-state index contributed by atoms with van der Waals surface area (Å²) in [6.45, 7) is 6.44. The van der Waals surface area contributed by atoms with Crippen molar-refractivity contribution in [2.24, 2.45) is 52.8 Å². The Morgan fingerprint density at radius 3 is 2.39 bits per heavy atom. The molecule has 31 heavy (non-hydrogen) atoms. The Kier molecular flexibility index (Phi) is 6.78. The summed E-state index contributed by atoms with van der Waals surface area (Å²) < 4.78 is 0. The van der Waals surface area contributed by atoms with E-state index in [1.165, 1.54) is 0 Å². The van der Waals surface area contributed by atoms with Gasteiger partial charge in [-0.05, 0) is 98.2 Å². The highest BCUT2D eigenvalue weighted by Gasteiger charge is 2.61. The van der Waals surface area contributed by atoms with Crippen molar-refractivity contribution in [1.29, 1.82) is 0 Å². The number of carboxylic acid groups (broad SMARTS) is 1. The van der Waals surface area contributed by atoms with E-state index in [1.54, 1.807) is 6.92 Å². The molecule has 5 nitrogen and oxygen atoms in total. The van der Waals surface area contributed by atoms with Crippen LogP contribution in [0.2, 0.25) is 0 Å². The van der Waals surface area contributed by atoms with E-state index in [1.807, 2.05) is 0 Å². The van der Waals surface area contributed by atoms with Gasteiger partial charge in [-0.1, -0.05) is 33.6 Å². The van der Waals surface area contributed by atoms with Crippen LogP contribution in [0.15, 0.2) is 0 Å². The molecule has 0 spiro atoms. The summed E-state index contributed by atoms with van der Waals surface area (Å²) in [4.78, 5) is 11.1. The lowest BCUT2D eigenvalue weighted by atomic mass is 9.45. The van der Waals surface area contributed by atoms with Crippen molar-refractivity contribution < 1.29 is 25.2 Å². The molecule has 0 aromatic heterocycles. The summed E-state index contributed by atoms with van der Waals surface area (Å²) in [5.41, 5.74) is 0.131. The van der Waals surface area contributed by atoms with Crippen molar-refractivity contribution in [3.63, 3.8) is 0 Å². The van der Waals surface area contributed by atoms with Crippen LogP contribution in [0, 0.1) is 52.8 Å². The first-order chi connectivity index (χ1) is 14.6. The minimum atomic E-state index is -0.712. The highest BCUT2D eigenvalue weighted by atomic mass is 16.4. The minimum Gasteiger partial charge on any atom is -0.481 e. The van der Waals surface area contributed by atoms with Gasteiger partial charge < -0.3 is 20.4 Å². The quantitative estimate of drug-likeness (QED) is 0.503. The molecular formula is C26H44O5. The number of aliphatic hydroxyl groups is 3. The summed E-state index contributed by atoms with van der Waals surface area (Å²) in [6.07, 6.45) is 8.32. The minimum absolute atomic E-state index is 0.131. The van der Waals surface area contributed by atoms with Crippen molar-refractivity contribution in [1.82, 2.24) is 0 Å². The molecule has 10 unspecified atom stereocenters. The van der Waals surface area contributed by atoms with Crippen LogP contribution in [0.4, 0.5) is 0 Å². The Labute approximate surface area is 187 Å². The fraction of sp³-hybridized carbons (Fsp3) is 0.962. The number of hydrogen-bond donors (Lipinski definition) is 4. The second-order valence-electron chi connectivity index (χ2n) is 12.1. The molecule has 0 saturated heterocycles. The van der Waals surface area contributed by atoms with Crippen LogP contribution in [0.1, 0.15) is 85.0 Å². The van der Waals surface area contributed by atoms with Crippen LogP contribution in [-0.4, -0.2) is 44.7 Å². The van der Waals surface area contributed by atoms with Gasteiger partial charge in [-0.15, -0.1) is 0 Å². The number of aliphatic hydroxyl groups excluding tert-OH is 3. The van der Waals surface area contributed by atoms with Gasteiger partial charge in [0, 0.05) is 0 Å². The van der Waals surface area contributed by atoms with Crippen LogP contribution in [-0.2, 0) is 4.79 Å². The van der Waals surface area contributed by atoms with Crippen LogP contribution in [0.25, 0.3) is 0 Å². The van der Waals surface area contributed by atoms with Crippen LogP contribution >= 0.6 is 0 Å². The number of rotatable bonds is 6. The molecule has 178 valence electrons. The van der Waals surface area contributed by atoms with Gasteiger partial charge in [0.1, 0.15) is 0 Å². The fourth-order valence-electron chi connectivity index (χ4n) is 8.69. The molecule has 0 amide bonds. The first-order valence-corrected chi connectivity index (χ1v) is 12.9. The maximum atomic E-state index is 11.4. The molecule has 0 aromatic carbocycles. The lowest BCUT2D eigenvalue weighted by Gasteiger charge is -2.61. The van der Waals surface area contributed by atoms with Gasteiger partial charge >= 0.3 is 5.97 Å². The smallest absolute Gasteiger partial charge is 0.306 e. The van der Waals surface area contributed by atoms with E-state index >= 15 is 0 Å². The Morgan fingerprint density at radius 2 is 1.68 bits per heavy atom. The lowest BCUT2D eigenvalue weighted by Crippen LogP contribution is -2.59. The number of carboxylic acids is 1. The highest BCUT2D eigenvalue weighted by Crippen LogP contribution is 2.64. The van der Waals surface area contributed by atoms with Gasteiger partial charge in [0.25, 0.3) is 0 Å². The molecule has 0 bridgehead atoms. The third kappa shape index (κ3) is 4.19. The molecule has 4 aliphatic carbocycles. The Hall–Kier alpha value is -0.650.